The molecular formula is C12H17N5OS. The van der Waals surface area contributed by atoms with Crippen LogP contribution in [0.15, 0.2) is 16.0 Å². The van der Waals surface area contributed by atoms with Gasteiger partial charge in [0.2, 0.25) is 5.89 Å². The first kappa shape index (κ1) is 12.6. The van der Waals surface area contributed by atoms with E-state index in [-0.39, 0.29) is 6.04 Å². The van der Waals surface area contributed by atoms with Crippen LogP contribution in [0, 0.1) is 0 Å². The summed E-state index contributed by atoms with van der Waals surface area (Å²) in [6.07, 6.45) is 5.23. The summed E-state index contributed by atoms with van der Waals surface area (Å²) in [6, 6.07) is 1.24. The van der Waals surface area contributed by atoms with E-state index in [1.165, 1.54) is 12.8 Å². The molecule has 1 unspecified atom stereocenters. The highest BCUT2D eigenvalue weighted by Crippen LogP contribution is 2.23. The second-order valence-electron chi connectivity index (χ2n) is 4.63. The van der Waals surface area contributed by atoms with Gasteiger partial charge in [0.1, 0.15) is 5.01 Å². The summed E-state index contributed by atoms with van der Waals surface area (Å²) in [5.41, 5.74) is 0. The molecule has 1 fully saturated rings. The van der Waals surface area contributed by atoms with Gasteiger partial charge < -0.3 is 15.1 Å². The molecule has 2 N–H and O–H groups in total. The normalized spacial score (nSPS) is 16.5. The predicted octanol–water partition coefficient (Wildman–Crippen LogP) is 2.34. The molecule has 0 amide bonds. The minimum absolute atomic E-state index is 0.129. The fourth-order valence-electron chi connectivity index (χ4n) is 1.80. The van der Waals surface area contributed by atoms with Crippen LogP contribution in [0.5, 0.6) is 0 Å². The summed E-state index contributed by atoms with van der Waals surface area (Å²) < 4.78 is 5.57. The standard InChI is InChI=1S/C12H17N5OS/c1-2-9(11-13-5-6-19-11)15-12-17-16-10(18-12)7-14-8-3-4-8/h5-6,8-9,14H,2-4,7H2,1H3,(H,15,17). The first-order valence-electron chi connectivity index (χ1n) is 6.57. The van der Waals surface area contributed by atoms with E-state index in [0.717, 1.165) is 11.4 Å². The van der Waals surface area contributed by atoms with Crippen LogP contribution in [0.2, 0.25) is 0 Å². The quantitative estimate of drug-likeness (QED) is 0.810. The Morgan fingerprint density at radius 1 is 1.47 bits per heavy atom. The van der Waals surface area contributed by atoms with Crippen molar-refractivity contribution in [3.8, 4) is 0 Å². The van der Waals surface area contributed by atoms with Gasteiger partial charge in [-0.25, -0.2) is 4.98 Å². The lowest BCUT2D eigenvalue weighted by Gasteiger charge is -2.11. The highest BCUT2D eigenvalue weighted by Gasteiger charge is 2.21. The van der Waals surface area contributed by atoms with Crippen molar-refractivity contribution in [1.29, 1.82) is 0 Å². The van der Waals surface area contributed by atoms with Crippen molar-refractivity contribution in [2.45, 2.75) is 44.8 Å². The first-order valence-corrected chi connectivity index (χ1v) is 7.45. The summed E-state index contributed by atoms with van der Waals surface area (Å²) in [4.78, 5) is 4.31. The predicted molar refractivity (Wildman–Crippen MR) is 72.9 cm³/mol. The molecule has 2 aromatic rings. The maximum Gasteiger partial charge on any atom is 0.316 e. The van der Waals surface area contributed by atoms with Crippen LogP contribution in [0.4, 0.5) is 6.01 Å². The summed E-state index contributed by atoms with van der Waals surface area (Å²) in [5, 5.41) is 17.6. The molecule has 19 heavy (non-hydrogen) atoms. The van der Waals surface area contributed by atoms with Crippen molar-refractivity contribution >= 4 is 17.4 Å². The Bertz CT molecular complexity index is 508. The van der Waals surface area contributed by atoms with Gasteiger partial charge in [0, 0.05) is 17.6 Å². The minimum Gasteiger partial charge on any atom is -0.407 e. The summed E-state index contributed by atoms with van der Waals surface area (Å²) in [6.45, 7) is 2.75. The topological polar surface area (TPSA) is 75.9 Å². The molecule has 0 radical (unpaired) electrons. The molecule has 2 heterocycles. The Morgan fingerprint density at radius 3 is 3.05 bits per heavy atom. The molecule has 0 spiro atoms. The molecule has 0 aliphatic heterocycles. The van der Waals surface area contributed by atoms with Crippen LogP contribution >= 0.6 is 11.3 Å². The van der Waals surface area contributed by atoms with Crippen LogP contribution in [-0.4, -0.2) is 21.2 Å². The van der Waals surface area contributed by atoms with Crippen molar-refractivity contribution < 1.29 is 4.42 Å². The van der Waals surface area contributed by atoms with E-state index in [2.05, 4.69) is 32.7 Å². The summed E-state index contributed by atoms with van der Waals surface area (Å²) >= 11 is 1.63. The number of anilines is 1. The van der Waals surface area contributed by atoms with Crippen molar-refractivity contribution in [2.24, 2.45) is 0 Å². The van der Waals surface area contributed by atoms with Gasteiger partial charge in [-0.3, -0.25) is 0 Å². The molecule has 2 aromatic heterocycles. The Hall–Kier alpha value is -1.47. The number of nitrogens with one attached hydrogen (secondary N) is 2. The fourth-order valence-corrected chi connectivity index (χ4v) is 2.57. The summed E-state index contributed by atoms with van der Waals surface area (Å²) in [5.74, 6) is 0.628. The van der Waals surface area contributed by atoms with E-state index < -0.39 is 0 Å². The fraction of sp³-hybridized carbons (Fsp3) is 0.583. The summed E-state index contributed by atoms with van der Waals surface area (Å²) in [7, 11) is 0. The largest absolute Gasteiger partial charge is 0.407 e. The van der Waals surface area contributed by atoms with Crippen LogP contribution in [0.25, 0.3) is 0 Å². The highest BCUT2D eigenvalue weighted by molar-refractivity contribution is 7.09. The molecule has 0 aromatic carbocycles. The monoisotopic (exact) mass is 279 g/mol. The second-order valence-corrected chi connectivity index (χ2v) is 5.56. The van der Waals surface area contributed by atoms with Crippen LogP contribution in [0.1, 0.15) is 43.1 Å². The van der Waals surface area contributed by atoms with Crippen LogP contribution in [0.3, 0.4) is 0 Å². The number of aromatic nitrogens is 3. The lowest BCUT2D eigenvalue weighted by atomic mass is 10.2. The van der Waals surface area contributed by atoms with Crippen LogP contribution < -0.4 is 10.6 Å². The molecule has 3 rings (SSSR count). The van der Waals surface area contributed by atoms with E-state index in [4.69, 9.17) is 4.42 Å². The first-order chi connectivity index (χ1) is 9.35. The van der Waals surface area contributed by atoms with E-state index in [1.54, 1.807) is 11.3 Å². The molecule has 0 bridgehead atoms. The van der Waals surface area contributed by atoms with Crippen molar-refractivity contribution in [3.05, 3.63) is 22.5 Å². The van der Waals surface area contributed by atoms with Crippen molar-refractivity contribution in [2.75, 3.05) is 5.32 Å². The lowest BCUT2D eigenvalue weighted by molar-refractivity contribution is 0.471. The highest BCUT2D eigenvalue weighted by atomic mass is 32.1. The molecule has 7 heteroatoms. The van der Waals surface area contributed by atoms with Gasteiger partial charge in [-0.15, -0.1) is 16.4 Å². The third kappa shape index (κ3) is 3.30. The van der Waals surface area contributed by atoms with Gasteiger partial charge >= 0.3 is 6.01 Å². The number of hydrogen-bond donors (Lipinski definition) is 2. The van der Waals surface area contributed by atoms with E-state index in [0.29, 0.717) is 24.5 Å². The Labute approximate surface area is 115 Å². The Morgan fingerprint density at radius 2 is 2.37 bits per heavy atom. The Balaban J connectivity index is 1.58. The van der Waals surface area contributed by atoms with Gasteiger partial charge in [0.25, 0.3) is 0 Å². The molecule has 1 aliphatic rings. The lowest BCUT2D eigenvalue weighted by Crippen LogP contribution is -2.15. The van der Waals surface area contributed by atoms with Crippen molar-refractivity contribution in [1.82, 2.24) is 20.5 Å². The van der Waals surface area contributed by atoms with E-state index in [9.17, 15) is 0 Å². The molecule has 1 aliphatic carbocycles. The van der Waals surface area contributed by atoms with Gasteiger partial charge in [-0.05, 0) is 19.3 Å². The molecule has 1 atom stereocenters. The molecular weight excluding hydrogens is 262 g/mol. The van der Waals surface area contributed by atoms with Gasteiger partial charge in [0.15, 0.2) is 0 Å². The second kappa shape index (κ2) is 5.66. The zero-order chi connectivity index (χ0) is 13.1. The zero-order valence-electron chi connectivity index (χ0n) is 10.8. The molecule has 102 valence electrons. The third-order valence-corrected chi connectivity index (χ3v) is 3.93. The van der Waals surface area contributed by atoms with Crippen LogP contribution in [-0.2, 0) is 6.54 Å². The molecule has 6 nitrogen and oxygen atoms in total. The SMILES string of the molecule is CCC(Nc1nnc(CNC2CC2)o1)c1nccs1. The number of rotatable bonds is 7. The average molecular weight is 279 g/mol. The molecule has 1 saturated carbocycles. The van der Waals surface area contributed by atoms with Gasteiger partial charge in [0.05, 0.1) is 12.6 Å². The average Bonchev–Trinajstić information content (AvgIpc) is 2.93. The zero-order valence-corrected chi connectivity index (χ0v) is 11.6. The van der Waals surface area contributed by atoms with E-state index in [1.807, 2.05) is 11.6 Å². The minimum atomic E-state index is 0.129. The number of thiazole rings is 1. The van der Waals surface area contributed by atoms with Crippen molar-refractivity contribution in [3.63, 3.8) is 0 Å². The van der Waals surface area contributed by atoms with Gasteiger partial charge in [-0.2, -0.15) is 0 Å². The smallest absolute Gasteiger partial charge is 0.316 e. The number of hydrogen-bond acceptors (Lipinski definition) is 7. The Kier molecular flexibility index (Phi) is 3.74. The number of nitrogens with zero attached hydrogens (tertiary/aromatic N) is 3. The van der Waals surface area contributed by atoms with E-state index >= 15 is 0 Å². The maximum atomic E-state index is 5.57. The third-order valence-electron chi connectivity index (χ3n) is 3.04. The van der Waals surface area contributed by atoms with Gasteiger partial charge in [-0.1, -0.05) is 12.0 Å². The maximum absolute atomic E-state index is 5.57. The molecule has 0 saturated heterocycles.